The summed E-state index contributed by atoms with van der Waals surface area (Å²) in [6.45, 7) is 7.05. The Hall–Kier alpha value is -2.94. The Morgan fingerprint density at radius 1 is 1.26 bits per heavy atom. The maximum Gasteiger partial charge on any atom is 0.280 e. The van der Waals surface area contributed by atoms with E-state index in [1.807, 2.05) is 20.8 Å². The molecule has 0 aliphatic carbocycles. The summed E-state index contributed by atoms with van der Waals surface area (Å²) in [5.41, 5.74) is 0.0825. The van der Waals surface area contributed by atoms with Crippen LogP contribution in [0.1, 0.15) is 61.8 Å². The number of halogens is 2. The molecular weight excluding hydrogens is 408 g/mol. The molecule has 0 saturated carbocycles. The van der Waals surface area contributed by atoms with E-state index in [-0.39, 0.29) is 23.3 Å². The highest BCUT2D eigenvalue weighted by Crippen LogP contribution is 2.48. The van der Waals surface area contributed by atoms with Crippen LogP contribution in [0.5, 0.6) is 5.88 Å². The number of anilines is 1. The zero-order chi connectivity index (χ0) is 22.9. The van der Waals surface area contributed by atoms with Gasteiger partial charge in [0, 0.05) is 30.3 Å². The lowest BCUT2D eigenvalue weighted by Gasteiger charge is -2.25. The van der Waals surface area contributed by atoms with Crippen LogP contribution in [-0.2, 0) is 9.53 Å². The van der Waals surface area contributed by atoms with Gasteiger partial charge >= 0.3 is 0 Å². The molecule has 3 rings (SSSR count). The first-order chi connectivity index (χ1) is 14.5. The SMILES string of the molecule is COc1nc(C(F)F)ccc1[C@@H]1[C@@H](C(=O)Nc2ccnc(C(C)=O)c2)OC(C)(C)[C@@H]1C. The van der Waals surface area contributed by atoms with Gasteiger partial charge in [-0.15, -0.1) is 0 Å². The molecule has 0 spiro atoms. The molecule has 0 unspecified atom stereocenters. The van der Waals surface area contributed by atoms with Crippen molar-refractivity contribution in [2.24, 2.45) is 5.92 Å². The van der Waals surface area contributed by atoms with Crippen molar-refractivity contribution in [2.45, 2.75) is 51.7 Å². The van der Waals surface area contributed by atoms with Gasteiger partial charge in [0.25, 0.3) is 12.3 Å². The first-order valence-corrected chi connectivity index (χ1v) is 9.83. The third kappa shape index (κ3) is 4.56. The van der Waals surface area contributed by atoms with Gasteiger partial charge in [-0.3, -0.25) is 14.6 Å². The summed E-state index contributed by atoms with van der Waals surface area (Å²) < 4.78 is 37.6. The van der Waals surface area contributed by atoms with Crippen molar-refractivity contribution in [2.75, 3.05) is 12.4 Å². The number of ketones is 1. The minimum absolute atomic E-state index is 0.0385. The Kier molecular flexibility index (Phi) is 6.35. The number of alkyl halides is 2. The summed E-state index contributed by atoms with van der Waals surface area (Å²) >= 11 is 0. The maximum absolute atomic E-state index is 13.2. The van der Waals surface area contributed by atoms with Crippen LogP contribution < -0.4 is 10.1 Å². The number of nitrogens with zero attached hydrogens (tertiary/aromatic N) is 2. The Morgan fingerprint density at radius 2 is 1.97 bits per heavy atom. The van der Waals surface area contributed by atoms with Gasteiger partial charge in [0.2, 0.25) is 5.88 Å². The van der Waals surface area contributed by atoms with Crippen molar-refractivity contribution in [3.8, 4) is 5.88 Å². The average molecular weight is 433 g/mol. The Labute approximate surface area is 179 Å². The van der Waals surface area contributed by atoms with Crippen molar-refractivity contribution in [3.05, 3.63) is 47.4 Å². The van der Waals surface area contributed by atoms with Crippen LogP contribution in [0, 0.1) is 5.92 Å². The van der Waals surface area contributed by atoms with E-state index in [1.54, 1.807) is 6.07 Å². The van der Waals surface area contributed by atoms with Crippen molar-refractivity contribution < 1.29 is 27.8 Å². The van der Waals surface area contributed by atoms with E-state index in [0.29, 0.717) is 11.3 Å². The van der Waals surface area contributed by atoms with E-state index in [2.05, 4.69) is 15.3 Å². The third-order valence-corrected chi connectivity index (χ3v) is 5.73. The monoisotopic (exact) mass is 433 g/mol. The van der Waals surface area contributed by atoms with Gasteiger partial charge in [-0.25, -0.2) is 13.8 Å². The predicted octanol–water partition coefficient (Wildman–Crippen LogP) is 4.16. The number of pyridine rings is 2. The van der Waals surface area contributed by atoms with Crippen LogP contribution in [0.3, 0.4) is 0 Å². The van der Waals surface area contributed by atoms with E-state index in [4.69, 9.17) is 9.47 Å². The summed E-state index contributed by atoms with van der Waals surface area (Å²) in [5.74, 6) is -1.25. The largest absolute Gasteiger partial charge is 0.481 e. The lowest BCUT2D eigenvalue weighted by atomic mass is 9.78. The molecular formula is C22H25F2N3O4. The molecule has 31 heavy (non-hydrogen) atoms. The maximum atomic E-state index is 13.2. The van der Waals surface area contributed by atoms with Gasteiger partial charge in [-0.2, -0.15) is 0 Å². The minimum Gasteiger partial charge on any atom is -0.481 e. The molecule has 0 radical (unpaired) electrons. The van der Waals surface area contributed by atoms with Crippen LogP contribution >= 0.6 is 0 Å². The number of hydrogen-bond donors (Lipinski definition) is 1. The Morgan fingerprint density at radius 3 is 2.58 bits per heavy atom. The number of methoxy groups -OCH3 is 1. The highest BCUT2D eigenvalue weighted by molar-refractivity contribution is 5.97. The number of carbonyl (C=O) groups excluding carboxylic acids is 2. The Balaban J connectivity index is 1.96. The average Bonchev–Trinajstić information content (AvgIpc) is 2.97. The normalized spacial score (nSPS) is 22.4. The number of amides is 1. The smallest absolute Gasteiger partial charge is 0.280 e. The van der Waals surface area contributed by atoms with Gasteiger partial charge in [0.15, 0.2) is 5.78 Å². The van der Waals surface area contributed by atoms with E-state index in [0.717, 1.165) is 0 Å². The number of aromatic nitrogens is 2. The molecule has 2 aromatic heterocycles. The summed E-state index contributed by atoms with van der Waals surface area (Å²) in [6.07, 6.45) is -2.23. The van der Waals surface area contributed by atoms with Crippen molar-refractivity contribution >= 4 is 17.4 Å². The topological polar surface area (TPSA) is 90.4 Å². The van der Waals surface area contributed by atoms with Crippen LogP contribution in [0.15, 0.2) is 30.5 Å². The molecule has 3 heterocycles. The first-order valence-electron chi connectivity index (χ1n) is 9.83. The quantitative estimate of drug-likeness (QED) is 0.688. The molecule has 2 aromatic rings. The molecule has 0 aromatic carbocycles. The van der Waals surface area contributed by atoms with E-state index in [9.17, 15) is 18.4 Å². The summed E-state index contributed by atoms with van der Waals surface area (Å²) in [4.78, 5) is 32.6. The number of nitrogens with one attached hydrogen (secondary N) is 1. The van der Waals surface area contributed by atoms with E-state index < -0.39 is 35.6 Å². The van der Waals surface area contributed by atoms with E-state index >= 15 is 0 Å². The molecule has 0 bridgehead atoms. The van der Waals surface area contributed by atoms with Crippen LogP contribution in [-0.4, -0.2) is 40.5 Å². The first kappa shape index (κ1) is 22.7. The number of rotatable bonds is 6. The second kappa shape index (κ2) is 8.66. The van der Waals surface area contributed by atoms with Gasteiger partial charge in [-0.1, -0.05) is 13.0 Å². The Bertz CT molecular complexity index is 996. The van der Waals surface area contributed by atoms with Crippen LogP contribution in [0.2, 0.25) is 0 Å². The number of ether oxygens (including phenoxy) is 2. The molecule has 1 aliphatic rings. The zero-order valence-electron chi connectivity index (χ0n) is 18.0. The molecule has 1 N–H and O–H groups in total. The van der Waals surface area contributed by atoms with Crippen LogP contribution in [0.4, 0.5) is 14.5 Å². The fourth-order valence-corrected chi connectivity index (χ4v) is 3.77. The van der Waals surface area contributed by atoms with Crippen molar-refractivity contribution in [3.63, 3.8) is 0 Å². The fraction of sp³-hybridized carbons (Fsp3) is 0.455. The molecule has 166 valence electrons. The van der Waals surface area contributed by atoms with Crippen LogP contribution in [0.25, 0.3) is 0 Å². The summed E-state index contributed by atoms with van der Waals surface area (Å²) in [7, 11) is 1.35. The number of Topliss-reactive ketones (excluding diaryl/α,β-unsaturated/α-hetero) is 1. The molecule has 3 atom stereocenters. The highest BCUT2D eigenvalue weighted by atomic mass is 19.3. The van der Waals surface area contributed by atoms with Gasteiger partial charge in [0.05, 0.1) is 12.7 Å². The summed E-state index contributed by atoms with van der Waals surface area (Å²) in [5, 5.41) is 2.77. The molecule has 7 nitrogen and oxygen atoms in total. The molecule has 1 aliphatic heterocycles. The van der Waals surface area contributed by atoms with Crippen molar-refractivity contribution in [1.29, 1.82) is 0 Å². The minimum atomic E-state index is -2.74. The lowest BCUT2D eigenvalue weighted by Crippen LogP contribution is -2.33. The fourth-order valence-electron chi connectivity index (χ4n) is 3.77. The zero-order valence-corrected chi connectivity index (χ0v) is 18.0. The van der Waals surface area contributed by atoms with E-state index in [1.165, 1.54) is 38.4 Å². The molecule has 1 amide bonds. The number of hydrogen-bond acceptors (Lipinski definition) is 6. The number of carbonyl (C=O) groups is 2. The molecule has 9 heteroatoms. The molecule has 1 fully saturated rings. The van der Waals surface area contributed by atoms with Crippen molar-refractivity contribution in [1.82, 2.24) is 9.97 Å². The lowest BCUT2D eigenvalue weighted by molar-refractivity contribution is -0.131. The molecule has 1 saturated heterocycles. The van der Waals surface area contributed by atoms with Gasteiger partial charge in [0.1, 0.15) is 17.5 Å². The predicted molar refractivity (Wildman–Crippen MR) is 109 cm³/mol. The van der Waals surface area contributed by atoms with Gasteiger partial charge < -0.3 is 14.8 Å². The third-order valence-electron chi connectivity index (χ3n) is 5.73. The second-order valence-electron chi connectivity index (χ2n) is 8.07. The second-order valence-corrected chi connectivity index (χ2v) is 8.07. The standard InChI is InChI=1S/C22H25F2N3O4/c1-11-17(14-6-7-15(19(23)24)27-21(14)30-5)18(31-22(11,3)4)20(29)26-13-8-9-25-16(10-13)12(2)28/h6-11,17-19H,1-5H3,(H,25,26,29)/t11-,17-,18+/m1/s1. The highest BCUT2D eigenvalue weighted by Gasteiger charge is 2.51. The summed E-state index contributed by atoms with van der Waals surface area (Å²) in [6, 6.07) is 5.80. The van der Waals surface area contributed by atoms with Gasteiger partial charge in [-0.05, 0) is 38.0 Å².